The first kappa shape index (κ1) is 13.6. The fourth-order valence-electron chi connectivity index (χ4n) is 1.43. The molecule has 0 aliphatic carbocycles. The van der Waals surface area contributed by atoms with Crippen molar-refractivity contribution in [3.05, 3.63) is 35.3 Å². The normalized spacial score (nSPS) is 11.2. The fourth-order valence-corrected chi connectivity index (χ4v) is 3.17. The predicted molar refractivity (Wildman–Crippen MR) is 71.8 cm³/mol. The van der Waals surface area contributed by atoms with Gasteiger partial charge in [-0.3, -0.25) is 9.52 Å². The van der Waals surface area contributed by atoms with Gasteiger partial charge in [-0.25, -0.2) is 8.42 Å². The molecule has 0 fully saturated rings. The molecule has 2 aromatic rings. The van der Waals surface area contributed by atoms with Crippen LogP contribution in [-0.4, -0.2) is 24.4 Å². The lowest BCUT2D eigenvalue weighted by molar-refractivity contribution is 0.0988. The van der Waals surface area contributed by atoms with E-state index >= 15 is 0 Å². The van der Waals surface area contributed by atoms with Gasteiger partial charge in [-0.1, -0.05) is 30.4 Å². The molecule has 2 rings (SSSR count). The zero-order valence-corrected chi connectivity index (χ0v) is 11.7. The zero-order valence-electron chi connectivity index (χ0n) is 10.0. The Morgan fingerprint density at radius 2 is 2.21 bits per heavy atom. The van der Waals surface area contributed by atoms with Crippen LogP contribution in [0.25, 0.3) is 0 Å². The van der Waals surface area contributed by atoms with Crippen LogP contribution in [0.1, 0.15) is 23.7 Å². The highest BCUT2D eigenvalue weighted by Crippen LogP contribution is 2.18. The van der Waals surface area contributed by atoms with Crippen molar-refractivity contribution in [3.8, 4) is 0 Å². The first-order valence-electron chi connectivity index (χ1n) is 5.45. The maximum absolute atomic E-state index is 12.1. The highest BCUT2D eigenvalue weighted by atomic mass is 32.2. The predicted octanol–water partition coefficient (Wildman–Crippen LogP) is 1.93. The number of aromatic nitrogens is 2. The second kappa shape index (κ2) is 5.45. The molecule has 1 heterocycles. The third-order valence-electron chi connectivity index (χ3n) is 2.37. The summed E-state index contributed by atoms with van der Waals surface area (Å²) in [7, 11) is -3.74. The Morgan fingerprint density at radius 1 is 1.42 bits per heavy atom. The summed E-state index contributed by atoms with van der Waals surface area (Å²) in [4.78, 5) is 11.6. The second-order valence-electron chi connectivity index (χ2n) is 3.65. The number of benzene rings is 1. The van der Waals surface area contributed by atoms with Crippen molar-refractivity contribution >= 4 is 32.3 Å². The number of hydrogen-bond acceptors (Lipinski definition) is 6. The quantitative estimate of drug-likeness (QED) is 0.852. The molecule has 0 saturated heterocycles. The molecule has 0 saturated carbocycles. The van der Waals surface area contributed by atoms with E-state index in [9.17, 15) is 13.2 Å². The van der Waals surface area contributed by atoms with Crippen LogP contribution < -0.4 is 4.72 Å². The lowest BCUT2D eigenvalue weighted by atomic mass is 10.1. The third kappa shape index (κ3) is 3.15. The summed E-state index contributed by atoms with van der Waals surface area (Å²) in [6, 6.07) is 5.92. The number of rotatable bonds is 5. The van der Waals surface area contributed by atoms with E-state index in [1.807, 2.05) is 0 Å². The number of hydrogen-bond donors (Lipinski definition) is 1. The number of sulfonamides is 1. The number of ketones is 1. The van der Waals surface area contributed by atoms with Crippen molar-refractivity contribution in [2.24, 2.45) is 0 Å². The summed E-state index contributed by atoms with van der Waals surface area (Å²) < 4.78 is 26.5. The van der Waals surface area contributed by atoms with Crippen molar-refractivity contribution in [1.82, 2.24) is 10.2 Å². The molecule has 19 heavy (non-hydrogen) atoms. The molecule has 1 N–H and O–H groups in total. The number of carbonyl (C=O) groups excluding carboxylic acids is 1. The molecule has 8 heteroatoms. The van der Waals surface area contributed by atoms with E-state index in [0.717, 1.165) is 11.3 Å². The van der Waals surface area contributed by atoms with Crippen LogP contribution in [0.4, 0.5) is 5.13 Å². The van der Waals surface area contributed by atoms with Crippen LogP contribution >= 0.6 is 11.3 Å². The lowest BCUT2D eigenvalue weighted by Crippen LogP contribution is -2.13. The molecule has 0 bridgehead atoms. The Bertz CT molecular complexity index is 681. The van der Waals surface area contributed by atoms with Crippen molar-refractivity contribution in [1.29, 1.82) is 0 Å². The monoisotopic (exact) mass is 297 g/mol. The van der Waals surface area contributed by atoms with Crippen LogP contribution in [0.2, 0.25) is 0 Å². The summed E-state index contributed by atoms with van der Waals surface area (Å²) in [5, 5.41) is 7.35. The van der Waals surface area contributed by atoms with Gasteiger partial charge in [0.2, 0.25) is 5.13 Å². The number of nitrogens with one attached hydrogen (secondary N) is 1. The van der Waals surface area contributed by atoms with Gasteiger partial charge in [0.15, 0.2) is 5.78 Å². The zero-order chi connectivity index (χ0) is 13.9. The van der Waals surface area contributed by atoms with Crippen LogP contribution in [0.3, 0.4) is 0 Å². The van der Waals surface area contributed by atoms with E-state index in [0.29, 0.717) is 12.0 Å². The standard InChI is InChI=1S/C11H11N3O3S2/c1-2-10(15)8-4-3-5-9(6-8)19(16,17)14-11-13-12-7-18-11/h3-7H,2H2,1H3,(H,13,14). The Kier molecular flexibility index (Phi) is 3.91. The maximum Gasteiger partial charge on any atom is 0.263 e. The third-order valence-corrected chi connectivity index (χ3v) is 4.44. The molecule has 100 valence electrons. The Morgan fingerprint density at radius 3 is 2.84 bits per heavy atom. The average Bonchev–Trinajstić information content (AvgIpc) is 2.90. The molecule has 1 aromatic carbocycles. The average molecular weight is 297 g/mol. The van der Waals surface area contributed by atoms with Gasteiger partial charge in [0.25, 0.3) is 10.0 Å². The van der Waals surface area contributed by atoms with Crippen LogP contribution in [-0.2, 0) is 10.0 Å². The van der Waals surface area contributed by atoms with Crippen LogP contribution in [0, 0.1) is 0 Å². The van der Waals surface area contributed by atoms with Gasteiger partial charge in [-0.15, -0.1) is 10.2 Å². The molecule has 0 radical (unpaired) electrons. The topological polar surface area (TPSA) is 89.0 Å². The number of Topliss-reactive ketones (excluding diaryl/α,β-unsaturated/α-hetero) is 1. The molecule has 0 spiro atoms. The number of anilines is 1. The van der Waals surface area contributed by atoms with Crippen LogP contribution in [0.5, 0.6) is 0 Å². The van der Waals surface area contributed by atoms with E-state index in [4.69, 9.17) is 0 Å². The minimum absolute atomic E-state index is 0.0296. The van der Waals surface area contributed by atoms with Gasteiger partial charge in [0.1, 0.15) is 5.51 Å². The SMILES string of the molecule is CCC(=O)c1cccc(S(=O)(=O)Nc2nncs2)c1. The van der Waals surface area contributed by atoms with Crippen molar-refractivity contribution in [2.45, 2.75) is 18.2 Å². The molecule has 1 aromatic heterocycles. The van der Waals surface area contributed by atoms with Gasteiger partial charge >= 0.3 is 0 Å². The van der Waals surface area contributed by atoms with Gasteiger partial charge in [-0.05, 0) is 12.1 Å². The summed E-state index contributed by atoms with van der Waals surface area (Å²) in [5.41, 5.74) is 1.80. The summed E-state index contributed by atoms with van der Waals surface area (Å²) in [6.45, 7) is 1.73. The lowest BCUT2D eigenvalue weighted by Gasteiger charge is -2.06. The number of carbonyl (C=O) groups is 1. The molecule has 0 aliphatic rings. The molecular formula is C11H11N3O3S2. The minimum atomic E-state index is -3.74. The largest absolute Gasteiger partial charge is 0.294 e. The van der Waals surface area contributed by atoms with E-state index < -0.39 is 10.0 Å². The van der Waals surface area contributed by atoms with Gasteiger partial charge < -0.3 is 0 Å². The van der Waals surface area contributed by atoms with Crippen molar-refractivity contribution in [2.75, 3.05) is 4.72 Å². The molecule has 0 atom stereocenters. The summed E-state index contributed by atoms with van der Waals surface area (Å²) >= 11 is 1.08. The Hall–Kier alpha value is -1.80. The smallest absolute Gasteiger partial charge is 0.263 e. The van der Waals surface area contributed by atoms with Gasteiger partial charge in [-0.2, -0.15) is 0 Å². The first-order chi connectivity index (χ1) is 9.03. The number of nitrogens with zero attached hydrogens (tertiary/aromatic N) is 2. The van der Waals surface area contributed by atoms with Gasteiger partial charge in [0.05, 0.1) is 4.90 Å². The van der Waals surface area contributed by atoms with E-state index in [2.05, 4.69) is 14.9 Å². The molecule has 0 aliphatic heterocycles. The summed E-state index contributed by atoms with van der Waals surface area (Å²) in [5.74, 6) is -0.104. The second-order valence-corrected chi connectivity index (χ2v) is 6.17. The maximum atomic E-state index is 12.1. The molecular weight excluding hydrogens is 286 g/mol. The van der Waals surface area contributed by atoms with Crippen molar-refractivity contribution in [3.63, 3.8) is 0 Å². The highest BCUT2D eigenvalue weighted by molar-refractivity contribution is 7.93. The highest BCUT2D eigenvalue weighted by Gasteiger charge is 2.17. The van der Waals surface area contributed by atoms with E-state index in [-0.39, 0.29) is 15.8 Å². The van der Waals surface area contributed by atoms with E-state index in [1.54, 1.807) is 13.0 Å². The molecule has 0 unspecified atom stereocenters. The summed E-state index contributed by atoms with van der Waals surface area (Å²) in [6.07, 6.45) is 0.327. The van der Waals surface area contributed by atoms with E-state index in [1.165, 1.54) is 23.7 Å². The van der Waals surface area contributed by atoms with Crippen LogP contribution in [0.15, 0.2) is 34.7 Å². The Balaban J connectivity index is 2.33. The minimum Gasteiger partial charge on any atom is -0.294 e. The Labute approximate surface area is 114 Å². The molecule has 6 nitrogen and oxygen atoms in total. The molecule has 0 amide bonds. The van der Waals surface area contributed by atoms with Crippen molar-refractivity contribution < 1.29 is 13.2 Å². The van der Waals surface area contributed by atoms with Gasteiger partial charge in [0, 0.05) is 12.0 Å². The first-order valence-corrected chi connectivity index (χ1v) is 7.81. The fraction of sp³-hybridized carbons (Fsp3) is 0.182.